The molecule has 0 saturated heterocycles. The van der Waals surface area contributed by atoms with Crippen molar-refractivity contribution in [1.29, 1.82) is 0 Å². The molecule has 2 aromatic carbocycles. The van der Waals surface area contributed by atoms with Gasteiger partial charge in [0, 0.05) is 23.1 Å². The molecule has 4 bridgehead atoms. The first kappa shape index (κ1) is 30.7. The van der Waals surface area contributed by atoms with E-state index >= 15 is 0 Å². The van der Waals surface area contributed by atoms with Gasteiger partial charge < -0.3 is 14.2 Å². The number of hydrogen-bond acceptors (Lipinski definition) is 9. The maximum absolute atomic E-state index is 14.3. The molecule has 0 radical (unpaired) electrons. The van der Waals surface area contributed by atoms with Crippen LogP contribution in [0.3, 0.4) is 0 Å². The van der Waals surface area contributed by atoms with Crippen molar-refractivity contribution in [3.8, 4) is 17.1 Å². The standard InChI is InChI=1S/C33H38N6O5S/c1-20-9-6-10-21(2)29(20)26-16-27-36-32(34-26)38-45(41,42)25-14-8-13-23(15-25)31(40)39(24(19-43-27)17-33(3,4)5)18-28-35-30(37-44-28)22-11-7-12-22/h6,8-10,13-16,22,24H,7,11-12,17-19H2,1-5H3,(H,34,36,38)/t24-/m1/s1. The lowest BCUT2D eigenvalue weighted by atomic mass is 9.85. The van der Waals surface area contributed by atoms with E-state index in [9.17, 15) is 13.2 Å². The van der Waals surface area contributed by atoms with Crippen molar-refractivity contribution < 1.29 is 22.5 Å². The van der Waals surface area contributed by atoms with Crippen LogP contribution in [0, 0.1) is 19.3 Å². The van der Waals surface area contributed by atoms with Crippen LogP contribution in [0.1, 0.15) is 85.6 Å². The second-order valence-corrected chi connectivity index (χ2v) is 14.8. The number of ether oxygens (including phenoxy) is 1. The van der Waals surface area contributed by atoms with Crippen LogP contribution in [-0.2, 0) is 16.6 Å². The van der Waals surface area contributed by atoms with E-state index in [0.717, 1.165) is 36.0 Å². The van der Waals surface area contributed by atoms with E-state index in [4.69, 9.17) is 9.26 Å². The molecule has 4 aromatic rings. The number of anilines is 1. The Bertz CT molecular complexity index is 1820. The molecule has 3 heterocycles. The van der Waals surface area contributed by atoms with Crippen molar-refractivity contribution in [3.63, 3.8) is 0 Å². The van der Waals surface area contributed by atoms with E-state index in [1.807, 2.05) is 32.0 Å². The summed E-state index contributed by atoms with van der Waals surface area (Å²) >= 11 is 0. The van der Waals surface area contributed by atoms with Gasteiger partial charge in [-0.15, -0.1) is 0 Å². The van der Waals surface area contributed by atoms with Crippen molar-refractivity contribution in [3.05, 3.63) is 76.9 Å². The highest BCUT2D eigenvalue weighted by molar-refractivity contribution is 7.92. The monoisotopic (exact) mass is 630 g/mol. The van der Waals surface area contributed by atoms with Crippen molar-refractivity contribution in [1.82, 2.24) is 25.0 Å². The van der Waals surface area contributed by atoms with E-state index in [-0.39, 0.29) is 52.7 Å². The van der Waals surface area contributed by atoms with Gasteiger partial charge in [-0.05, 0) is 67.9 Å². The Morgan fingerprint density at radius 3 is 2.42 bits per heavy atom. The van der Waals surface area contributed by atoms with Crippen LogP contribution < -0.4 is 9.46 Å². The van der Waals surface area contributed by atoms with Crippen molar-refractivity contribution in [2.45, 2.75) is 83.7 Å². The summed E-state index contributed by atoms with van der Waals surface area (Å²) in [4.78, 5) is 29.5. The van der Waals surface area contributed by atoms with Gasteiger partial charge in [0.05, 0.1) is 16.6 Å². The number of carbonyl (C=O) groups excluding carboxylic acids is 1. The number of nitrogens with zero attached hydrogens (tertiary/aromatic N) is 5. The Morgan fingerprint density at radius 2 is 1.73 bits per heavy atom. The summed E-state index contributed by atoms with van der Waals surface area (Å²) < 4.78 is 41.7. The molecule has 0 spiro atoms. The third-order valence-corrected chi connectivity index (χ3v) is 9.62. The number of hydrogen-bond donors (Lipinski definition) is 1. The predicted molar refractivity (Wildman–Crippen MR) is 168 cm³/mol. The predicted octanol–water partition coefficient (Wildman–Crippen LogP) is 6.05. The van der Waals surface area contributed by atoms with Crippen molar-refractivity contribution in [2.24, 2.45) is 5.41 Å². The summed E-state index contributed by atoms with van der Waals surface area (Å²) in [5.41, 5.74) is 3.34. The summed E-state index contributed by atoms with van der Waals surface area (Å²) in [6.07, 6.45) is 3.74. The molecule has 2 aromatic heterocycles. The van der Waals surface area contributed by atoms with E-state index in [2.05, 4.69) is 45.6 Å². The first-order valence-electron chi connectivity index (χ1n) is 15.2. The minimum atomic E-state index is -4.16. The average Bonchev–Trinajstić information content (AvgIpc) is 3.39. The molecule has 6 rings (SSSR count). The summed E-state index contributed by atoms with van der Waals surface area (Å²) in [5, 5.41) is 4.20. The van der Waals surface area contributed by atoms with Crippen molar-refractivity contribution >= 4 is 21.9 Å². The molecule has 11 nitrogen and oxygen atoms in total. The van der Waals surface area contributed by atoms with Gasteiger partial charge >= 0.3 is 0 Å². The first-order chi connectivity index (χ1) is 21.4. The molecule has 45 heavy (non-hydrogen) atoms. The van der Waals surface area contributed by atoms with Gasteiger partial charge in [0.1, 0.15) is 13.2 Å². The fraction of sp³-hybridized carbons (Fsp3) is 0.424. The Morgan fingerprint density at radius 1 is 1.00 bits per heavy atom. The SMILES string of the molecule is Cc1cccc(C)c1-c1cc2nc(n1)NS(=O)(=O)c1cccc(c1)C(=O)N(Cc1nc(C3CCC3)no1)[C@H](CC(C)(C)C)CO2. The summed E-state index contributed by atoms with van der Waals surface area (Å²) in [6, 6.07) is 13.1. The number of fused-ring (bicyclic) bond motifs is 4. The number of rotatable bonds is 5. The maximum atomic E-state index is 14.3. The highest BCUT2D eigenvalue weighted by Gasteiger charge is 2.33. The summed E-state index contributed by atoms with van der Waals surface area (Å²) in [5.74, 6) is 0.934. The lowest BCUT2D eigenvalue weighted by Gasteiger charge is -2.35. The molecule has 1 aliphatic carbocycles. The second kappa shape index (κ2) is 11.9. The van der Waals surface area contributed by atoms with Gasteiger partial charge in [-0.2, -0.15) is 9.97 Å². The largest absolute Gasteiger partial charge is 0.475 e. The lowest BCUT2D eigenvalue weighted by molar-refractivity contribution is 0.0481. The minimum Gasteiger partial charge on any atom is -0.475 e. The molecule has 0 unspecified atom stereocenters. The quantitative estimate of drug-likeness (QED) is 0.279. The molecular weight excluding hydrogens is 592 g/mol. The fourth-order valence-electron chi connectivity index (χ4n) is 5.86. The number of aryl methyl sites for hydroxylation is 2. The zero-order chi connectivity index (χ0) is 31.9. The highest BCUT2D eigenvalue weighted by Crippen LogP contribution is 2.35. The molecule has 1 atom stereocenters. The van der Waals surface area contributed by atoms with Gasteiger partial charge in [0.2, 0.25) is 17.7 Å². The Hall–Kier alpha value is -4.32. The maximum Gasteiger partial charge on any atom is 0.264 e. The van der Waals surface area contributed by atoms with Crippen LogP contribution in [-0.4, -0.2) is 52.0 Å². The van der Waals surface area contributed by atoms with E-state index < -0.39 is 16.1 Å². The molecule has 1 saturated carbocycles. The van der Waals surface area contributed by atoms with E-state index in [0.29, 0.717) is 23.8 Å². The van der Waals surface area contributed by atoms with Crippen LogP contribution >= 0.6 is 0 Å². The van der Waals surface area contributed by atoms with Crippen LogP contribution in [0.5, 0.6) is 5.88 Å². The topological polar surface area (TPSA) is 140 Å². The number of benzene rings is 2. The third kappa shape index (κ3) is 6.70. The molecule has 236 valence electrons. The van der Waals surface area contributed by atoms with E-state index in [1.54, 1.807) is 23.1 Å². The minimum absolute atomic E-state index is 0.0422. The summed E-state index contributed by atoms with van der Waals surface area (Å²) in [6.45, 7) is 10.4. The molecule has 1 aliphatic heterocycles. The number of aromatic nitrogens is 4. The second-order valence-electron chi connectivity index (χ2n) is 13.2. The fourth-order valence-corrected chi connectivity index (χ4v) is 6.85. The van der Waals surface area contributed by atoms with Crippen molar-refractivity contribution in [2.75, 3.05) is 11.3 Å². The molecule has 1 fully saturated rings. The third-order valence-electron chi connectivity index (χ3n) is 8.29. The number of sulfonamides is 1. The molecule has 1 N–H and O–H groups in total. The Labute approximate surface area is 263 Å². The van der Waals surface area contributed by atoms with Gasteiger partial charge in [-0.25, -0.2) is 18.1 Å². The number of amides is 1. The zero-order valence-electron chi connectivity index (χ0n) is 26.2. The molecule has 12 heteroatoms. The Kier molecular flexibility index (Phi) is 8.11. The number of nitrogens with one attached hydrogen (secondary N) is 1. The smallest absolute Gasteiger partial charge is 0.264 e. The molecule has 2 aliphatic rings. The van der Waals surface area contributed by atoms with Gasteiger partial charge in [-0.1, -0.05) is 56.6 Å². The van der Waals surface area contributed by atoms with Gasteiger partial charge in [-0.3, -0.25) is 4.79 Å². The normalized spacial score (nSPS) is 18.6. The van der Waals surface area contributed by atoms with Crippen LogP contribution in [0.15, 0.2) is 57.9 Å². The van der Waals surface area contributed by atoms with Crippen LogP contribution in [0.25, 0.3) is 11.3 Å². The first-order valence-corrected chi connectivity index (χ1v) is 16.7. The lowest BCUT2D eigenvalue weighted by Crippen LogP contribution is -2.45. The van der Waals surface area contributed by atoms with Crippen LogP contribution in [0.4, 0.5) is 5.95 Å². The highest BCUT2D eigenvalue weighted by atomic mass is 32.2. The number of carbonyl (C=O) groups is 1. The van der Waals surface area contributed by atoms with Crippen LogP contribution in [0.2, 0.25) is 0 Å². The summed E-state index contributed by atoms with van der Waals surface area (Å²) in [7, 11) is -4.16. The zero-order valence-corrected chi connectivity index (χ0v) is 27.0. The van der Waals surface area contributed by atoms with E-state index in [1.165, 1.54) is 12.1 Å². The average molecular weight is 631 g/mol. The van der Waals surface area contributed by atoms with Gasteiger partial charge in [0.25, 0.3) is 15.9 Å². The Balaban J connectivity index is 1.47. The molecule has 1 amide bonds. The molecular formula is C33H38N6O5S. The van der Waals surface area contributed by atoms with Gasteiger partial charge in [0.15, 0.2) is 5.82 Å².